The van der Waals surface area contributed by atoms with Gasteiger partial charge in [-0.3, -0.25) is 0 Å². The molecule has 0 saturated carbocycles. The van der Waals surface area contributed by atoms with Crippen molar-refractivity contribution in [2.75, 3.05) is 24.2 Å². The summed E-state index contributed by atoms with van der Waals surface area (Å²) in [6, 6.07) is 5.84. The summed E-state index contributed by atoms with van der Waals surface area (Å²) >= 11 is 5.87. The molecule has 0 unspecified atom stereocenters. The van der Waals surface area contributed by atoms with Crippen molar-refractivity contribution >= 4 is 34.0 Å². The molecule has 2 N–H and O–H groups in total. The van der Waals surface area contributed by atoms with E-state index in [1.165, 1.54) is 0 Å². The molecule has 4 nitrogen and oxygen atoms in total. The Kier molecular flexibility index (Phi) is 3.44. The SMILES string of the molecule is C=CCNc1nc(Cl)nc2ccc(NC)cc12. The number of rotatable bonds is 4. The molecule has 5 heteroatoms. The molecule has 0 aliphatic carbocycles. The lowest BCUT2D eigenvalue weighted by atomic mass is 10.2. The number of aromatic nitrogens is 2. The molecule has 0 spiro atoms. The van der Waals surface area contributed by atoms with Gasteiger partial charge in [0.05, 0.1) is 5.52 Å². The summed E-state index contributed by atoms with van der Waals surface area (Å²) in [6.07, 6.45) is 1.77. The van der Waals surface area contributed by atoms with Crippen molar-refractivity contribution < 1.29 is 0 Å². The third-order valence-corrected chi connectivity index (χ3v) is 2.54. The van der Waals surface area contributed by atoms with Crippen LogP contribution < -0.4 is 10.6 Å². The normalized spacial score (nSPS) is 10.2. The predicted octanol–water partition coefficient (Wildman–Crippen LogP) is 2.92. The van der Waals surface area contributed by atoms with E-state index in [-0.39, 0.29) is 5.28 Å². The second-order valence-electron chi connectivity index (χ2n) is 3.49. The van der Waals surface area contributed by atoms with Gasteiger partial charge in [0.2, 0.25) is 5.28 Å². The van der Waals surface area contributed by atoms with Crippen LogP contribution in [0.15, 0.2) is 30.9 Å². The first-order valence-corrected chi connectivity index (χ1v) is 5.62. The second-order valence-corrected chi connectivity index (χ2v) is 3.83. The maximum Gasteiger partial charge on any atom is 0.224 e. The maximum absolute atomic E-state index is 5.87. The van der Waals surface area contributed by atoms with Gasteiger partial charge in [-0.2, -0.15) is 0 Å². The van der Waals surface area contributed by atoms with Crippen molar-refractivity contribution in [2.24, 2.45) is 0 Å². The van der Waals surface area contributed by atoms with Crippen molar-refractivity contribution in [3.05, 3.63) is 36.1 Å². The summed E-state index contributed by atoms with van der Waals surface area (Å²) < 4.78 is 0. The van der Waals surface area contributed by atoms with Crippen LogP contribution in [0.2, 0.25) is 5.28 Å². The minimum Gasteiger partial charge on any atom is -0.388 e. The standard InChI is InChI=1S/C12H13ClN4/c1-3-6-15-11-9-7-8(14-2)4-5-10(9)16-12(13)17-11/h3-5,7,14H,1,6H2,2H3,(H,15,16,17). The van der Waals surface area contributed by atoms with Crippen molar-refractivity contribution in [2.45, 2.75) is 0 Å². The Hall–Kier alpha value is -1.81. The van der Waals surface area contributed by atoms with Gasteiger partial charge in [-0.25, -0.2) is 9.97 Å². The predicted molar refractivity (Wildman–Crippen MR) is 72.8 cm³/mol. The molecule has 0 atom stereocenters. The molecule has 88 valence electrons. The summed E-state index contributed by atoms with van der Waals surface area (Å²) in [4.78, 5) is 8.36. The van der Waals surface area contributed by atoms with Crippen LogP contribution in [-0.4, -0.2) is 23.6 Å². The van der Waals surface area contributed by atoms with Gasteiger partial charge in [0.1, 0.15) is 5.82 Å². The minimum atomic E-state index is 0.237. The molecule has 0 fully saturated rings. The highest BCUT2D eigenvalue weighted by molar-refractivity contribution is 6.28. The van der Waals surface area contributed by atoms with Gasteiger partial charge < -0.3 is 10.6 Å². The topological polar surface area (TPSA) is 49.8 Å². The summed E-state index contributed by atoms with van der Waals surface area (Å²) in [5.74, 6) is 0.719. The summed E-state index contributed by atoms with van der Waals surface area (Å²) in [7, 11) is 1.87. The van der Waals surface area contributed by atoms with Gasteiger partial charge in [-0.15, -0.1) is 6.58 Å². The third kappa shape index (κ3) is 2.47. The largest absolute Gasteiger partial charge is 0.388 e. The van der Waals surface area contributed by atoms with E-state index < -0.39 is 0 Å². The Balaban J connectivity index is 2.57. The number of hydrogen-bond donors (Lipinski definition) is 2. The fourth-order valence-electron chi connectivity index (χ4n) is 1.56. The van der Waals surface area contributed by atoms with Crippen LogP contribution in [-0.2, 0) is 0 Å². The number of nitrogens with zero attached hydrogens (tertiary/aromatic N) is 2. The lowest BCUT2D eigenvalue weighted by Crippen LogP contribution is -2.02. The molecule has 2 aromatic rings. The van der Waals surface area contributed by atoms with Gasteiger partial charge in [-0.1, -0.05) is 6.08 Å². The van der Waals surface area contributed by atoms with Crippen LogP contribution in [0.1, 0.15) is 0 Å². The smallest absolute Gasteiger partial charge is 0.224 e. The zero-order valence-electron chi connectivity index (χ0n) is 9.50. The molecule has 17 heavy (non-hydrogen) atoms. The van der Waals surface area contributed by atoms with Gasteiger partial charge in [0.15, 0.2) is 0 Å². The number of fused-ring (bicyclic) bond motifs is 1. The lowest BCUT2D eigenvalue weighted by molar-refractivity contribution is 1.18. The van der Waals surface area contributed by atoms with E-state index in [1.54, 1.807) is 6.08 Å². The molecule has 1 aromatic carbocycles. The van der Waals surface area contributed by atoms with E-state index >= 15 is 0 Å². The van der Waals surface area contributed by atoms with Crippen LogP contribution in [0, 0.1) is 0 Å². The first-order chi connectivity index (χ1) is 8.24. The molecule has 0 aliphatic heterocycles. The third-order valence-electron chi connectivity index (χ3n) is 2.37. The van der Waals surface area contributed by atoms with E-state index in [2.05, 4.69) is 27.2 Å². The van der Waals surface area contributed by atoms with E-state index in [0.717, 1.165) is 22.4 Å². The highest BCUT2D eigenvalue weighted by atomic mass is 35.5. The Bertz CT molecular complexity index is 553. The van der Waals surface area contributed by atoms with Crippen LogP contribution in [0.5, 0.6) is 0 Å². The average molecular weight is 249 g/mol. The van der Waals surface area contributed by atoms with Crippen LogP contribution >= 0.6 is 11.6 Å². The highest BCUT2D eigenvalue weighted by Crippen LogP contribution is 2.25. The van der Waals surface area contributed by atoms with Crippen LogP contribution in [0.25, 0.3) is 10.9 Å². The van der Waals surface area contributed by atoms with Crippen molar-refractivity contribution in [3.63, 3.8) is 0 Å². The number of anilines is 2. The lowest BCUT2D eigenvalue weighted by Gasteiger charge is -2.08. The molecule has 1 heterocycles. The second kappa shape index (κ2) is 5.01. The summed E-state index contributed by atoms with van der Waals surface area (Å²) in [5, 5.41) is 7.40. The van der Waals surface area contributed by atoms with Gasteiger partial charge >= 0.3 is 0 Å². The fraction of sp³-hybridized carbons (Fsp3) is 0.167. The Morgan fingerprint density at radius 2 is 2.24 bits per heavy atom. The van der Waals surface area contributed by atoms with E-state index in [1.807, 2.05) is 25.2 Å². The highest BCUT2D eigenvalue weighted by Gasteiger charge is 2.06. The number of halogens is 1. The first kappa shape index (κ1) is 11.7. The molecule has 0 radical (unpaired) electrons. The number of nitrogens with one attached hydrogen (secondary N) is 2. The number of benzene rings is 1. The molecule has 0 aliphatic rings. The van der Waals surface area contributed by atoms with Gasteiger partial charge in [-0.05, 0) is 29.8 Å². The number of hydrogen-bond acceptors (Lipinski definition) is 4. The fourth-order valence-corrected chi connectivity index (χ4v) is 1.73. The van der Waals surface area contributed by atoms with Crippen LogP contribution in [0.4, 0.5) is 11.5 Å². The van der Waals surface area contributed by atoms with Crippen molar-refractivity contribution in [1.82, 2.24) is 9.97 Å². The molecular weight excluding hydrogens is 236 g/mol. The molecule has 1 aromatic heterocycles. The Labute approximate surface area is 105 Å². The van der Waals surface area contributed by atoms with Crippen molar-refractivity contribution in [3.8, 4) is 0 Å². The minimum absolute atomic E-state index is 0.237. The van der Waals surface area contributed by atoms with Crippen LogP contribution in [0.3, 0.4) is 0 Å². The Morgan fingerprint density at radius 3 is 2.94 bits per heavy atom. The maximum atomic E-state index is 5.87. The zero-order valence-corrected chi connectivity index (χ0v) is 10.3. The first-order valence-electron chi connectivity index (χ1n) is 5.24. The quantitative estimate of drug-likeness (QED) is 0.645. The van der Waals surface area contributed by atoms with E-state index in [9.17, 15) is 0 Å². The molecule has 2 rings (SSSR count). The van der Waals surface area contributed by atoms with E-state index in [0.29, 0.717) is 6.54 Å². The molecule has 0 amide bonds. The van der Waals surface area contributed by atoms with Crippen molar-refractivity contribution in [1.29, 1.82) is 0 Å². The van der Waals surface area contributed by atoms with Gasteiger partial charge in [0.25, 0.3) is 0 Å². The van der Waals surface area contributed by atoms with Gasteiger partial charge in [0, 0.05) is 24.7 Å². The average Bonchev–Trinajstić information content (AvgIpc) is 2.35. The zero-order chi connectivity index (χ0) is 12.3. The molecule has 0 bridgehead atoms. The Morgan fingerprint density at radius 1 is 1.41 bits per heavy atom. The summed E-state index contributed by atoms with van der Waals surface area (Å²) in [5.41, 5.74) is 1.82. The monoisotopic (exact) mass is 248 g/mol. The molecule has 0 saturated heterocycles. The van der Waals surface area contributed by atoms with E-state index in [4.69, 9.17) is 11.6 Å². The molecular formula is C12H13ClN4. The summed E-state index contributed by atoms with van der Waals surface area (Å²) in [6.45, 7) is 4.29.